The van der Waals surface area contributed by atoms with Gasteiger partial charge in [0.15, 0.2) is 0 Å². The van der Waals surface area contributed by atoms with Crippen LogP contribution in [-0.4, -0.2) is 49.6 Å². The molecule has 2 heterocycles. The normalized spacial score (nSPS) is 28.9. The van der Waals surface area contributed by atoms with Crippen LogP contribution in [0.1, 0.15) is 6.42 Å². The molecule has 0 aromatic heterocycles. The highest BCUT2D eigenvalue weighted by Crippen LogP contribution is 2.09. The van der Waals surface area contributed by atoms with E-state index in [-0.39, 0.29) is 11.9 Å². The molecule has 0 saturated carbocycles. The molecule has 2 aliphatic heterocycles. The molecule has 4 nitrogen and oxygen atoms in total. The van der Waals surface area contributed by atoms with Crippen molar-refractivity contribution in [2.45, 2.75) is 18.5 Å². The third kappa shape index (κ3) is 1.21. The largest absolute Gasteiger partial charge is 0.339 e. The van der Waals surface area contributed by atoms with Crippen LogP contribution in [-0.2, 0) is 4.79 Å². The van der Waals surface area contributed by atoms with Crippen LogP contribution in [0.5, 0.6) is 0 Å². The summed E-state index contributed by atoms with van der Waals surface area (Å²) in [5.74, 6) is 0.257. The maximum absolute atomic E-state index is 11.6. The monoisotopic (exact) mass is 169 g/mol. The third-order valence-corrected chi connectivity index (χ3v) is 2.78. The maximum Gasteiger partial charge on any atom is 0.239 e. The van der Waals surface area contributed by atoms with E-state index in [0.29, 0.717) is 6.04 Å². The number of carbonyl (C=O) groups excluding carboxylic acids is 1. The lowest BCUT2D eigenvalue weighted by Crippen LogP contribution is -2.62. The summed E-state index contributed by atoms with van der Waals surface area (Å²) in [6.07, 6.45) is 1.00. The van der Waals surface area contributed by atoms with Crippen molar-refractivity contribution in [1.29, 1.82) is 0 Å². The molecule has 2 saturated heterocycles. The molecule has 1 atom stereocenters. The molecule has 0 aromatic rings. The van der Waals surface area contributed by atoms with Gasteiger partial charge in [-0.2, -0.15) is 0 Å². The molecule has 0 bridgehead atoms. The molecule has 4 heteroatoms. The number of amides is 1. The number of carbonyl (C=O) groups is 1. The van der Waals surface area contributed by atoms with Crippen LogP contribution >= 0.6 is 0 Å². The highest BCUT2D eigenvalue weighted by atomic mass is 16.2. The van der Waals surface area contributed by atoms with Gasteiger partial charge in [0, 0.05) is 20.1 Å². The Morgan fingerprint density at radius 3 is 2.50 bits per heavy atom. The Morgan fingerprint density at radius 2 is 2.17 bits per heavy atom. The lowest BCUT2D eigenvalue weighted by Gasteiger charge is -2.39. The predicted octanol–water partition coefficient (Wildman–Crippen LogP) is -1.22. The van der Waals surface area contributed by atoms with Gasteiger partial charge in [-0.15, -0.1) is 0 Å². The van der Waals surface area contributed by atoms with Crippen molar-refractivity contribution >= 4 is 5.91 Å². The quantitative estimate of drug-likeness (QED) is 0.544. The van der Waals surface area contributed by atoms with Crippen LogP contribution < -0.4 is 10.6 Å². The van der Waals surface area contributed by atoms with Crippen molar-refractivity contribution < 1.29 is 4.79 Å². The lowest BCUT2D eigenvalue weighted by molar-refractivity contribution is -0.136. The first-order valence-corrected chi connectivity index (χ1v) is 4.50. The van der Waals surface area contributed by atoms with Crippen molar-refractivity contribution in [3.63, 3.8) is 0 Å². The molecule has 2 fully saturated rings. The number of hydrogen-bond acceptors (Lipinski definition) is 3. The molecule has 1 amide bonds. The second kappa shape index (κ2) is 3.03. The second-order valence-electron chi connectivity index (χ2n) is 3.56. The van der Waals surface area contributed by atoms with Gasteiger partial charge in [-0.1, -0.05) is 0 Å². The molecule has 0 aromatic carbocycles. The van der Waals surface area contributed by atoms with E-state index in [1.165, 1.54) is 0 Å². The van der Waals surface area contributed by atoms with E-state index in [1.54, 1.807) is 0 Å². The van der Waals surface area contributed by atoms with Gasteiger partial charge in [0.1, 0.15) is 0 Å². The minimum Gasteiger partial charge on any atom is -0.339 e. The van der Waals surface area contributed by atoms with E-state index in [4.69, 9.17) is 0 Å². The molecule has 0 aliphatic carbocycles. The zero-order chi connectivity index (χ0) is 8.55. The fraction of sp³-hybridized carbons (Fsp3) is 0.875. The molecule has 0 spiro atoms. The van der Waals surface area contributed by atoms with Crippen LogP contribution in [0.4, 0.5) is 0 Å². The summed E-state index contributed by atoms with van der Waals surface area (Å²) < 4.78 is 0. The van der Waals surface area contributed by atoms with E-state index in [1.807, 2.05) is 11.9 Å². The summed E-state index contributed by atoms with van der Waals surface area (Å²) in [5.41, 5.74) is 0. The topological polar surface area (TPSA) is 44.4 Å². The van der Waals surface area contributed by atoms with E-state index < -0.39 is 0 Å². The van der Waals surface area contributed by atoms with Gasteiger partial charge in [0.2, 0.25) is 5.91 Å². The van der Waals surface area contributed by atoms with Crippen molar-refractivity contribution in [3.8, 4) is 0 Å². The average Bonchev–Trinajstić information content (AvgIpc) is 1.79. The van der Waals surface area contributed by atoms with Gasteiger partial charge in [0.05, 0.1) is 12.1 Å². The SMILES string of the molecule is CN(C(=O)[C@H]1CCN1)C1CNC1. The van der Waals surface area contributed by atoms with Gasteiger partial charge in [-0.05, 0) is 13.0 Å². The molecular formula is C8H15N3O. The predicted molar refractivity (Wildman–Crippen MR) is 45.8 cm³/mol. The molecule has 12 heavy (non-hydrogen) atoms. The molecule has 0 unspecified atom stereocenters. The average molecular weight is 169 g/mol. The fourth-order valence-electron chi connectivity index (χ4n) is 1.47. The summed E-state index contributed by atoms with van der Waals surface area (Å²) in [7, 11) is 1.90. The minimum absolute atomic E-state index is 0.107. The molecule has 0 radical (unpaired) electrons. The van der Waals surface area contributed by atoms with Crippen LogP contribution in [0.25, 0.3) is 0 Å². The Balaban J connectivity index is 1.84. The Bertz CT molecular complexity index is 187. The number of nitrogens with one attached hydrogen (secondary N) is 2. The van der Waals surface area contributed by atoms with Gasteiger partial charge >= 0.3 is 0 Å². The van der Waals surface area contributed by atoms with Crippen molar-refractivity contribution in [3.05, 3.63) is 0 Å². The van der Waals surface area contributed by atoms with E-state index in [0.717, 1.165) is 26.1 Å². The van der Waals surface area contributed by atoms with Gasteiger partial charge in [-0.3, -0.25) is 4.79 Å². The Labute approximate surface area is 72.3 Å². The molecule has 2 aliphatic rings. The molecular weight excluding hydrogens is 154 g/mol. The van der Waals surface area contributed by atoms with Crippen molar-refractivity contribution in [1.82, 2.24) is 15.5 Å². The number of likely N-dealkylation sites (N-methyl/N-ethyl adjacent to an activating group) is 1. The fourth-order valence-corrected chi connectivity index (χ4v) is 1.47. The van der Waals surface area contributed by atoms with Crippen LogP contribution in [0.2, 0.25) is 0 Å². The first-order chi connectivity index (χ1) is 5.79. The highest BCUT2D eigenvalue weighted by molar-refractivity contribution is 5.83. The molecule has 2 N–H and O–H groups in total. The Kier molecular flexibility index (Phi) is 2.02. The van der Waals surface area contributed by atoms with E-state index >= 15 is 0 Å². The smallest absolute Gasteiger partial charge is 0.239 e. The van der Waals surface area contributed by atoms with Gasteiger partial charge in [0.25, 0.3) is 0 Å². The second-order valence-corrected chi connectivity index (χ2v) is 3.56. The van der Waals surface area contributed by atoms with Gasteiger partial charge in [-0.25, -0.2) is 0 Å². The van der Waals surface area contributed by atoms with Crippen molar-refractivity contribution in [2.24, 2.45) is 0 Å². The van der Waals surface area contributed by atoms with Crippen LogP contribution in [0.15, 0.2) is 0 Å². The zero-order valence-electron chi connectivity index (χ0n) is 7.34. The highest BCUT2D eigenvalue weighted by Gasteiger charge is 2.32. The standard InChI is InChI=1S/C8H15N3O/c1-11(6-4-9-5-6)8(12)7-2-3-10-7/h6-7,9-10H,2-5H2,1H3/t7-/m1/s1. The van der Waals surface area contributed by atoms with Crippen LogP contribution in [0.3, 0.4) is 0 Å². The number of nitrogens with zero attached hydrogens (tertiary/aromatic N) is 1. The maximum atomic E-state index is 11.6. The van der Waals surface area contributed by atoms with E-state index in [2.05, 4.69) is 10.6 Å². The summed E-state index contributed by atoms with van der Waals surface area (Å²) in [4.78, 5) is 13.5. The van der Waals surface area contributed by atoms with Gasteiger partial charge < -0.3 is 15.5 Å². The summed E-state index contributed by atoms with van der Waals surface area (Å²) in [6, 6.07) is 0.537. The number of rotatable bonds is 2. The summed E-state index contributed by atoms with van der Waals surface area (Å²) in [6.45, 7) is 2.90. The lowest BCUT2D eigenvalue weighted by atomic mass is 10.0. The van der Waals surface area contributed by atoms with E-state index in [9.17, 15) is 4.79 Å². The number of hydrogen-bond donors (Lipinski definition) is 2. The summed E-state index contributed by atoms with van der Waals surface area (Å²) >= 11 is 0. The van der Waals surface area contributed by atoms with Crippen LogP contribution in [0, 0.1) is 0 Å². The molecule has 2 rings (SSSR count). The first-order valence-electron chi connectivity index (χ1n) is 4.50. The minimum atomic E-state index is 0.107. The zero-order valence-corrected chi connectivity index (χ0v) is 7.34. The Morgan fingerprint density at radius 1 is 1.50 bits per heavy atom. The Hall–Kier alpha value is -0.610. The summed E-state index contributed by atoms with van der Waals surface area (Å²) in [5, 5.41) is 6.28. The van der Waals surface area contributed by atoms with Crippen molar-refractivity contribution in [2.75, 3.05) is 26.7 Å². The first kappa shape index (κ1) is 8.01. The third-order valence-electron chi connectivity index (χ3n) is 2.78. The molecule has 68 valence electrons.